The summed E-state index contributed by atoms with van der Waals surface area (Å²) in [5.41, 5.74) is 5.69. The van der Waals surface area contributed by atoms with Crippen LogP contribution in [0.15, 0.2) is 18.5 Å². The van der Waals surface area contributed by atoms with E-state index in [4.69, 9.17) is 0 Å². The van der Waals surface area contributed by atoms with Gasteiger partial charge in [-0.1, -0.05) is 20.3 Å². The van der Waals surface area contributed by atoms with Crippen LogP contribution in [0.1, 0.15) is 58.6 Å². The summed E-state index contributed by atoms with van der Waals surface area (Å²) in [7, 11) is 0. The van der Waals surface area contributed by atoms with Crippen LogP contribution in [0.3, 0.4) is 0 Å². The molecule has 0 radical (unpaired) electrons. The number of nitrogens with one attached hydrogen (secondary N) is 1. The molecule has 5 heteroatoms. The summed E-state index contributed by atoms with van der Waals surface area (Å²) < 4.78 is 1.92. The van der Waals surface area contributed by atoms with Crippen LogP contribution in [-0.2, 0) is 0 Å². The van der Waals surface area contributed by atoms with Gasteiger partial charge in [0.25, 0.3) is 0 Å². The summed E-state index contributed by atoms with van der Waals surface area (Å²) >= 11 is 0. The third kappa shape index (κ3) is 2.75. The normalized spacial score (nSPS) is 23.9. The average Bonchev–Trinajstić information content (AvgIpc) is 2.88. The van der Waals surface area contributed by atoms with Gasteiger partial charge < -0.3 is 5.43 Å². The van der Waals surface area contributed by atoms with Crippen LogP contribution in [0.4, 0.5) is 5.82 Å². The zero-order valence-corrected chi connectivity index (χ0v) is 13.4. The van der Waals surface area contributed by atoms with Crippen molar-refractivity contribution in [3.63, 3.8) is 0 Å². The Morgan fingerprint density at radius 2 is 1.95 bits per heavy atom. The molecule has 2 aromatic heterocycles. The number of hydrogen-bond donors (Lipinski definition) is 1. The number of nitrogens with zero attached hydrogens (tertiary/aromatic N) is 4. The molecule has 1 N–H and O–H groups in total. The van der Waals surface area contributed by atoms with E-state index in [-0.39, 0.29) is 0 Å². The van der Waals surface area contributed by atoms with E-state index in [1.807, 2.05) is 16.9 Å². The van der Waals surface area contributed by atoms with E-state index in [1.54, 1.807) is 0 Å². The second-order valence-corrected chi connectivity index (χ2v) is 6.48. The Morgan fingerprint density at radius 1 is 1.24 bits per heavy atom. The largest absolute Gasteiger partial charge is 0.301 e. The molecule has 3 heterocycles. The molecule has 114 valence electrons. The van der Waals surface area contributed by atoms with E-state index in [2.05, 4.69) is 54.3 Å². The molecule has 21 heavy (non-hydrogen) atoms. The number of hydrazine groups is 1. The zero-order chi connectivity index (χ0) is 15.0. The molecule has 1 saturated heterocycles. The van der Waals surface area contributed by atoms with E-state index in [1.165, 1.54) is 19.3 Å². The first-order chi connectivity index (χ1) is 10.1. The molecule has 1 aliphatic heterocycles. The summed E-state index contributed by atoms with van der Waals surface area (Å²) in [5.74, 6) is 1.32. The molecule has 5 nitrogen and oxygen atoms in total. The second-order valence-electron chi connectivity index (χ2n) is 6.48. The Morgan fingerprint density at radius 3 is 2.62 bits per heavy atom. The number of fused-ring (bicyclic) bond motifs is 1. The smallest absolute Gasteiger partial charge is 0.166 e. The van der Waals surface area contributed by atoms with Gasteiger partial charge in [-0.25, -0.2) is 14.5 Å². The lowest BCUT2D eigenvalue weighted by molar-refractivity contribution is 0.135. The zero-order valence-electron chi connectivity index (χ0n) is 13.4. The van der Waals surface area contributed by atoms with Crippen molar-refractivity contribution in [3.8, 4) is 0 Å². The summed E-state index contributed by atoms with van der Waals surface area (Å²) in [6.45, 7) is 8.88. The fraction of sp³-hybridized carbons (Fsp3) is 0.625. The Bertz CT molecular complexity index is 608. The minimum Gasteiger partial charge on any atom is -0.301 e. The quantitative estimate of drug-likeness (QED) is 0.939. The summed E-state index contributed by atoms with van der Waals surface area (Å²) in [5, 5.41) is 6.96. The van der Waals surface area contributed by atoms with Crippen molar-refractivity contribution in [1.82, 2.24) is 19.6 Å². The van der Waals surface area contributed by atoms with Crippen molar-refractivity contribution in [2.75, 3.05) is 5.43 Å². The van der Waals surface area contributed by atoms with Gasteiger partial charge in [0.2, 0.25) is 0 Å². The fourth-order valence-electron chi connectivity index (χ4n) is 3.07. The van der Waals surface area contributed by atoms with Crippen LogP contribution in [0, 0.1) is 0 Å². The van der Waals surface area contributed by atoms with Gasteiger partial charge in [0.05, 0.1) is 5.69 Å². The minimum absolute atomic E-state index is 0.422. The van der Waals surface area contributed by atoms with Gasteiger partial charge in [-0.3, -0.25) is 0 Å². The highest BCUT2D eigenvalue weighted by Crippen LogP contribution is 2.25. The van der Waals surface area contributed by atoms with E-state index >= 15 is 0 Å². The van der Waals surface area contributed by atoms with Gasteiger partial charge in [0.1, 0.15) is 5.52 Å². The lowest BCUT2D eigenvalue weighted by Gasteiger charge is -2.39. The Hall–Kier alpha value is -1.62. The van der Waals surface area contributed by atoms with Gasteiger partial charge in [-0.15, -0.1) is 0 Å². The van der Waals surface area contributed by atoms with Crippen molar-refractivity contribution >= 4 is 11.3 Å². The first-order valence-corrected chi connectivity index (χ1v) is 7.95. The van der Waals surface area contributed by atoms with Crippen LogP contribution in [-0.4, -0.2) is 31.7 Å². The topological polar surface area (TPSA) is 45.5 Å². The van der Waals surface area contributed by atoms with Crippen LogP contribution >= 0.6 is 0 Å². The van der Waals surface area contributed by atoms with E-state index in [0.717, 1.165) is 17.0 Å². The predicted octanol–water partition coefficient (Wildman–Crippen LogP) is 3.44. The number of rotatable bonds is 3. The molecular weight excluding hydrogens is 262 g/mol. The van der Waals surface area contributed by atoms with Gasteiger partial charge in [0.15, 0.2) is 5.82 Å². The monoisotopic (exact) mass is 287 g/mol. The minimum atomic E-state index is 0.422. The lowest BCUT2D eigenvalue weighted by atomic mass is 10.00. The molecule has 1 aliphatic rings. The molecule has 2 aromatic rings. The molecule has 2 unspecified atom stereocenters. The van der Waals surface area contributed by atoms with Crippen molar-refractivity contribution in [2.45, 2.75) is 65.0 Å². The number of piperidine rings is 1. The number of anilines is 1. The maximum atomic E-state index is 4.62. The molecule has 0 aromatic carbocycles. The third-order valence-electron chi connectivity index (χ3n) is 4.43. The molecule has 0 spiro atoms. The Labute approximate surface area is 126 Å². The van der Waals surface area contributed by atoms with E-state index in [9.17, 15) is 0 Å². The molecule has 0 saturated carbocycles. The third-order valence-corrected chi connectivity index (χ3v) is 4.43. The highest BCUT2D eigenvalue weighted by atomic mass is 15.5. The Balaban J connectivity index is 1.92. The Kier molecular flexibility index (Phi) is 3.85. The van der Waals surface area contributed by atoms with Crippen molar-refractivity contribution in [2.24, 2.45) is 0 Å². The van der Waals surface area contributed by atoms with Crippen molar-refractivity contribution in [3.05, 3.63) is 24.2 Å². The molecule has 3 rings (SSSR count). The average molecular weight is 287 g/mol. The van der Waals surface area contributed by atoms with Gasteiger partial charge in [-0.2, -0.15) is 5.10 Å². The molecule has 0 aliphatic carbocycles. The molecule has 0 bridgehead atoms. The molecule has 2 atom stereocenters. The number of aromatic nitrogens is 3. The highest BCUT2D eigenvalue weighted by molar-refractivity contribution is 5.67. The van der Waals surface area contributed by atoms with Gasteiger partial charge in [-0.05, 0) is 38.7 Å². The summed E-state index contributed by atoms with van der Waals surface area (Å²) in [4.78, 5) is 4.53. The molecular formula is C16H25N5. The lowest BCUT2D eigenvalue weighted by Crippen LogP contribution is -2.47. The SMILES string of the molecule is CC(C)c1cc2c(NN3C(C)CCCC3C)nccn2n1. The molecule has 0 amide bonds. The van der Waals surface area contributed by atoms with E-state index < -0.39 is 0 Å². The standard InChI is InChI=1S/C16H25N5/c1-11(2)14-10-15-16(17-8-9-20(15)18-14)19-21-12(3)6-5-7-13(21)4/h8-13H,5-7H2,1-4H3,(H,17,19). The molecule has 1 fully saturated rings. The maximum Gasteiger partial charge on any atom is 0.166 e. The number of hydrogen-bond acceptors (Lipinski definition) is 4. The van der Waals surface area contributed by atoms with Gasteiger partial charge in [0, 0.05) is 24.5 Å². The van der Waals surface area contributed by atoms with Crippen LogP contribution in [0.5, 0.6) is 0 Å². The van der Waals surface area contributed by atoms with Crippen molar-refractivity contribution in [1.29, 1.82) is 0 Å². The first kappa shape index (κ1) is 14.3. The van der Waals surface area contributed by atoms with Gasteiger partial charge >= 0.3 is 0 Å². The summed E-state index contributed by atoms with van der Waals surface area (Å²) in [6, 6.07) is 3.20. The van der Waals surface area contributed by atoms with Crippen LogP contribution in [0.25, 0.3) is 5.52 Å². The fourth-order valence-corrected chi connectivity index (χ4v) is 3.07. The van der Waals surface area contributed by atoms with Crippen molar-refractivity contribution < 1.29 is 0 Å². The maximum absolute atomic E-state index is 4.62. The van der Waals surface area contributed by atoms with Crippen LogP contribution in [0.2, 0.25) is 0 Å². The highest BCUT2D eigenvalue weighted by Gasteiger charge is 2.25. The predicted molar refractivity (Wildman–Crippen MR) is 85.3 cm³/mol. The van der Waals surface area contributed by atoms with E-state index in [0.29, 0.717) is 18.0 Å². The first-order valence-electron chi connectivity index (χ1n) is 7.95. The second kappa shape index (κ2) is 5.64. The van der Waals surface area contributed by atoms with Crippen LogP contribution < -0.4 is 5.43 Å². The summed E-state index contributed by atoms with van der Waals surface area (Å²) in [6.07, 6.45) is 7.50.